The average Bonchev–Trinajstić information content (AvgIpc) is 3.37. The van der Waals surface area contributed by atoms with E-state index in [1.807, 2.05) is 25.1 Å². The minimum Gasteiger partial charge on any atom is -0.494 e. The molecule has 1 saturated heterocycles. The third-order valence-electron chi connectivity index (χ3n) is 6.52. The molecule has 5 rings (SSSR count). The molecule has 0 atom stereocenters. The number of halogens is 2. The molecule has 0 radical (unpaired) electrons. The second-order valence-corrected chi connectivity index (χ2v) is 12.0. The molecule has 1 amide bonds. The number of sulfonamides is 1. The normalized spacial score (nSPS) is 14.0. The van der Waals surface area contributed by atoms with Crippen LogP contribution in [0, 0.1) is 5.82 Å². The number of piperazine rings is 1. The van der Waals surface area contributed by atoms with Crippen LogP contribution in [0.4, 0.5) is 15.2 Å². The zero-order valence-corrected chi connectivity index (χ0v) is 24.8. The van der Waals surface area contributed by atoms with E-state index < -0.39 is 15.8 Å². The molecular formula is C28H31ClFN5O4S2. The van der Waals surface area contributed by atoms with Crippen molar-refractivity contribution in [1.82, 2.24) is 15.2 Å². The highest BCUT2D eigenvalue weighted by Gasteiger charge is 2.20. The molecule has 1 aromatic heterocycles. The molecular weight excluding hydrogens is 589 g/mol. The first kappa shape index (κ1) is 30.5. The van der Waals surface area contributed by atoms with Crippen molar-refractivity contribution in [3.05, 3.63) is 78.1 Å². The molecule has 1 fully saturated rings. The molecule has 1 aliphatic heterocycles. The van der Waals surface area contributed by atoms with Gasteiger partial charge in [-0.25, -0.2) is 17.8 Å². The lowest BCUT2D eigenvalue weighted by molar-refractivity contribution is 0.0947. The molecule has 4 aromatic rings. The van der Waals surface area contributed by atoms with Crippen molar-refractivity contribution in [2.45, 2.75) is 11.8 Å². The van der Waals surface area contributed by atoms with Crippen LogP contribution >= 0.6 is 23.7 Å². The summed E-state index contributed by atoms with van der Waals surface area (Å²) in [5, 5.41) is 3.92. The number of aromatic nitrogens is 1. The Morgan fingerprint density at radius 2 is 1.80 bits per heavy atom. The zero-order valence-electron chi connectivity index (χ0n) is 22.4. The highest BCUT2D eigenvalue weighted by Crippen LogP contribution is 2.32. The van der Waals surface area contributed by atoms with Gasteiger partial charge in [0.2, 0.25) is 0 Å². The van der Waals surface area contributed by atoms with E-state index >= 15 is 0 Å². The number of thiazole rings is 1. The number of nitrogens with zero attached hydrogens (tertiary/aromatic N) is 3. The second kappa shape index (κ2) is 13.5. The highest BCUT2D eigenvalue weighted by molar-refractivity contribution is 7.92. The molecule has 3 aromatic carbocycles. The highest BCUT2D eigenvalue weighted by atomic mass is 35.5. The summed E-state index contributed by atoms with van der Waals surface area (Å²) in [5.41, 5.74) is 1.56. The molecule has 41 heavy (non-hydrogen) atoms. The van der Waals surface area contributed by atoms with Gasteiger partial charge in [0, 0.05) is 50.5 Å². The van der Waals surface area contributed by atoms with Gasteiger partial charge in [0.05, 0.1) is 21.7 Å². The lowest BCUT2D eigenvalue weighted by Gasteiger charge is -2.34. The molecule has 0 unspecified atom stereocenters. The fraction of sp³-hybridized carbons (Fsp3) is 0.286. The predicted molar refractivity (Wildman–Crippen MR) is 163 cm³/mol. The number of hydrogen-bond acceptors (Lipinski definition) is 8. The van der Waals surface area contributed by atoms with Crippen LogP contribution < -0.4 is 19.7 Å². The molecule has 2 heterocycles. The largest absolute Gasteiger partial charge is 0.494 e. The summed E-state index contributed by atoms with van der Waals surface area (Å²) in [4.78, 5) is 22.0. The third-order valence-corrected chi connectivity index (χ3v) is 8.99. The van der Waals surface area contributed by atoms with Gasteiger partial charge in [-0.1, -0.05) is 17.4 Å². The first-order valence-corrected chi connectivity index (χ1v) is 15.3. The Morgan fingerprint density at radius 3 is 2.54 bits per heavy atom. The molecule has 0 aliphatic carbocycles. The topological polar surface area (TPSA) is 104 Å². The lowest BCUT2D eigenvalue weighted by Crippen LogP contribution is -2.48. The summed E-state index contributed by atoms with van der Waals surface area (Å²) in [6, 6.07) is 16.8. The van der Waals surface area contributed by atoms with E-state index in [-0.39, 0.29) is 28.9 Å². The van der Waals surface area contributed by atoms with Gasteiger partial charge in [-0.05, 0) is 67.6 Å². The van der Waals surface area contributed by atoms with Gasteiger partial charge in [-0.2, -0.15) is 0 Å². The summed E-state index contributed by atoms with van der Waals surface area (Å²) in [5.74, 6) is 0.0434. The standard InChI is InChI=1S/C28H30FN5O4S2.ClH/c1-2-38-23-8-11-25-26(19-23)39-28(31-25)34-16-14-33(15-17-34)13-12-30-27(35)20-4-3-5-22(18-20)32-40(36,37)24-9-6-21(29)7-10-24;/h3-11,18-19,32H,2,12-17H2,1H3,(H,30,35);1H. The number of rotatable bonds is 10. The lowest BCUT2D eigenvalue weighted by atomic mass is 10.2. The van der Waals surface area contributed by atoms with Gasteiger partial charge in [-0.15, -0.1) is 12.4 Å². The Hall–Kier alpha value is -3.45. The number of hydrogen-bond donors (Lipinski definition) is 2. The van der Waals surface area contributed by atoms with Crippen LogP contribution in [-0.4, -0.2) is 70.1 Å². The van der Waals surface area contributed by atoms with Crippen LogP contribution in [0.25, 0.3) is 10.2 Å². The number of anilines is 2. The molecule has 9 nitrogen and oxygen atoms in total. The van der Waals surface area contributed by atoms with E-state index in [1.54, 1.807) is 29.5 Å². The van der Waals surface area contributed by atoms with Crippen LogP contribution in [-0.2, 0) is 10.0 Å². The molecule has 13 heteroatoms. The van der Waals surface area contributed by atoms with E-state index in [0.29, 0.717) is 25.3 Å². The summed E-state index contributed by atoms with van der Waals surface area (Å²) in [6.07, 6.45) is 0. The zero-order chi connectivity index (χ0) is 28.1. The Morgan fingerprint density at radius 1 is 1.05 bits per heavy atom. The van der Waals surface area contributed by atoms with Gasteiger partial charge >= 0.3 is 0 Å². The SMILES string of the molecule is CCOc1ccc2nc(N3CCN(CCNC(=O)c4cccc(NS(=O)(=O)c5ccc(F)cc5)c4)CC3)sc2c1.Cl. The smallest absolute Gasteiger partial charge is 0.261 e. The van der Waals surface area contributed by atoms with Crippen LogP contribution in [0.5, 0.6) is 5.75 Å². The number of amides is 1. The number of nitrogens with one attached hydrogen (secondary N) is 2. The van der Waals surface area contributed by atoms with Crippen molar-refractivity contribution in [2.24, 2.45) is 0 Å². The number of carbonyl (C=O) groups excluding carboxylic acids is 1. The molecule has 1 aliphatic rings. The molecule has 0 bridgehead atoms. The molecule has 2 N–H and O–H groups in total. The summed E-state index contributed by atoms with van der Waals surface area (Å²) < 4.78 is 47.5. The minimum absolute atomic E-state index is 0. The predicted octanol–water partition coefficient (Wildman–Crippen LogP) is 4.61. The van der Waals surface area contributed by atoms with Crippen molar-refractivity contribution in [3.8, 4) is 5.75 Å². The van der Waals surface area contributed by atoms with Crippen molar-refractivity contribution in [3.63, 3.8) is 0 Å². The van der Waals surface area contributed by atoms with Gasteiger partial charge < -0.3 is 15.0 Å². The Labute approximate surface area is 248 Å². The minimum atomic E-state index is -3.91. The maximum atomic E-state index is 13.1. The monoisotopic (exact) mass is 619 g/mol. The van der Waals surface area contributed by atoms with Gasteiger partial charge in [0.15, 0.2) is 5.13 Å². The van der Waals surface area contributed by atoms with E-state index in [0.717, 1.165) is 59.4 Å². The van der Waals surface area contributed by atoms with Crippen molar-refractivity contribution in [1.29, 1.82) is 0 Å². The fourth-order valence-corrected chi connectivity index (χ4v) is 6.52. The third kappa shape index (κ3) is 7.64. The van der Waals surface area contributed by atoms with Crippen molar-refractivity contribution < 1.29 is 22.3 Å². The number of carbonyl (C=O) groups is 1. The number of benzene rings is 3. The first-order valence-electron chi connectivity index (χ1n) is 13.0. The quantitative estimate of drug-likeness (QED) is 0.267. The van der Waals surface area contributed by atoms with Gasteiger partial charge in [0.1, 0.15) is 11.6 Å². The molecule has 0 spiro atoms. The van der Waals surface area contributed by atoms with Crippen LogP contribution in [0.1, 0.15) is 17.3 Å². The van der Waals surface area contributed by atoms with E-state index in [4.69, 9.17) is 9.72 Å². The summed E-state index contributed by atoms with van der Waals surface area (Å²) in [7, 11) is -3.91. The number of fused-ring (bicyclic) bond motifs is 1. The Kier molecular flexibility index (Phi) is 10.0. The summed E-state index contributed by atoms with van der Waals surface area (Å²) >= 11 is 1.67. The van der Waals surface area contributed by atoms with E-state index in [2.05, 4.69) is 19.8 Å². The Bertz CT molecular complexity index is 1590. The average molecular weight is 620 g/mol. The van der Waals surface area contributed by atoms with Crippen molar-refractivity contribution in [2.75, 3.05) is 55.5 Å². The first-order chi connectivity index (χ1) is 19.3. The van der Waals surface area contributed by atoms with Gasteiger partial charge in [0.25, 0.3) is 15.9 Å². The second-order valence-electron chi connectivity index (χ2n) is 9.28. The van der Waals surface area contributed by atoms with E-state index in [1.165, 1.54) is 18.2 Å². The molecule has 0 saturated carbocycles. The number of ether oxygens (including phenoxy) is 1. The maximum absolute atomic E-state index is 13.1. The van der Waals surface area contributed by atoms with Gasteiger partial charge in [-0.3, -0.25) is 14.4 Å². The maximum Gasteiger partial charge on any atom is 0.261 e. The van der Waals surface area contributed by atoms with Crippen LogP contribution in [0.15, 0.2) is 71.6 Å². The summed E-state index contributed by atoms with van der Waals surface area (Å²) in [6.45, 7) is 7.18. The Balaban J connectivity index is 0.00000387. The fourth-order valence-electron chi connectivity index (χ4n) is 4.43. The molecule has 218 valence electrons. The van der Waals surface area contributed by atoms with Crippen LogP contribution in [0.2, 0.25) is 0 Å². The van der Waals surface area contributed by atoms with Crippen LogP contribution in [0.3, 0.4) is 0 Å². The van der Waals surface area contributed by atoms with E-state index in [9.17, 15) is 17.6 Å². The van der Waals surface area contributed by atoms with Crippen molar-refractivity contribution >= 4 is 60.7 Å².